The summed E-state index contributed by atoms with van der Waals surface area (Å²) in [7, 11) is 1.60. The van der Waals surface area contributed by atoms with Crippen LogP contribution >= 0.6 is 0 Å². The molecule has 0 unspecified atom stereocenters. The number of aromatic amines is 1. The summed E-state index contributed by atoms with van der Waals surface area (Å²) in [6, 6.07) is 0. The van der Waals surface area contributed by atoms with Crippen LogP contribution in [0.15, 0.2) is 41.0 Å². The topological polar surface area (TPSA) is 53.4 Å². The Labute approximate surface area is 85.9 Å². The monoisotopic (exact) mass is 204 g/mol. The maximum atomic E-state index is 12.3. The van der Waals surface area contributed by atoms with Crippen molar-refractivity contribution < 1.29 is 4.48 Å². The molecule has 0 atom stereocenters. The van der Waals surface area contributed by atoms with E-state index >= 15 is 0 Å². The molecule has 1 aliphatic rings. The number of hydrogen-bond donors (Lipinski definition) is 1. The van der Waals surface area contributed by atoms with E-state index in [2.05, 4.69) is 20.2 Å². The van der Waals surface area contributed by atoms with Gasteiger partial charge in [0.15, 0.2) is 0 Å². The second-order valence-corrected chi connectivity index (χ2v) is 2.95. The molecule has 2 rings (SSSR count). The van der Waals surface area contributed by atoms with E-state index in [-0.39, 0.29) is 5.71 Å². The molecule has 1 N–H and O–H groups in total. The number of rotatable bonds is 1. The van der Waals surface area contributed by atoms with Crippen molar-refractivity contribution >= 4 is 17.0 Å². The average Bonchev–Trinajstić information content (AvgIpc) is 2.81. The van der Waals surface area contributed by atoms with Gasteiger partial charge in [0.05, 0.1) is 23.9 Å². The number of aromatic nitrogens is 2. The van der Waals surface area contributed by atoms with Gasteiger partial charge in [-0.1, -0.05) is 21.8 Å². The van der Waals surface area contributed by atoms with Gasteiger partial charge in [-0.25, -0.2) is 4.98 Å². The van der Waals surface area contributed by atoms with Crippen LogP contribution in [-0.2, 0) is 0 Å². The predicted octanol–water partition coefficient (Wildman–Crippen LogP) is 1.76. The molecular formula is C10H9FN4. The summed E-state index contributed by atoms with van der Waals surface area (Å²) >= 11 is 0. The average molecular weight is 204 g/mol. The van der Waals surface area contributed by atoms with Crippen molar-refractivity contribution in [1.29, 1.82) is 0 Å². The van der Waals surface area contributed by atoms with E-state index < -0.39 is 0 Å². The summed E-state index contributed by atoms with van der Waals surface area (Å²) in [6.45, 7) is 0. The number of nitrogens with one attached hydrogen (secondary N) is 1. The zero-order valence-corrected chi connectivity index (χ0v) is 8.11. The highest BCUT2D eigenvalue weighted by atomic mass is 19.2. The lowest BCUT2D eigenvalue weighted by molar-refractivity contribution is 0.539. The van der Waals surface area contributed by atoms with Crippen molar-refractivity contribution in [3.8, 4) is 0 Å². The van der Waals surface area contributed by atoms with Crippen LogP contribution in [0.1, 0.15) is 5.69 Å². The van der Waals surface area contributed by atoms with Gasteiger partial charge in [-0.3, -0.25) is 4.99 Å². The molecule has 0 amide bonds. The van der Waals surface area contributed by atoms with Crippen LogP contribution in [0.25, 0.3) is 5.57 Å². The van der Waals surface area contributed by atoms with Crippen LogP contribution in [-0.4, -0.2) is 28.4 Å². The van der Waals surface area contributed by atoms with Crippen molar-refractivity contribution in [2.24, 2.45) is 10.2 Å². The highest BCUT2D eigenvalue weighted by Crippen LogP contribution is 2.18. The van der Waals surface area contributed by atoms with Gasteiger partial charge in [0, 0.05) is 12.6 Å². The first-order valence-electron chi connectivity index (χ1n) is 4.40. The summed E-state index contributed by atoms with van der Waals surface area (Å²) in [5.41, 5.74) is 2.32. The molecule has 15 heavy (non-hydrogen) atoms. The SMILES string of the molecule is CN=C1C(c2cnc[nH]2)=CC=CC1=NF. The van der Waals surface area contributed by atoms with Gasteiger partial charge in [-0.05, 0) is 6.08 Å². The third-order valence-electron chi connectivity index (χ3n) is 2.12. The maximum Gasteiger partial charge on any atom is 0.122 e. The van der Waals surface area contributed by atoms with E-state index in [1.54, 1.807) is 31.7 Å². The van der Waals surface area contributed by atoms with Gasteiger partial charge >= 0.3 is 0 Å². The van der Waals surface area contributed by atoms with Gasteiger partial charge in [0.2, 0.25) is 0 Å². The van der Waals surface area contributed by atoms with Gasteiger partial charge in [0.25, 0.3) is 0 Å². The first kappa shape index (κ1) is 9.51. The van der Waals surface area contributed by atoms with E-state index in [4.69, 9.17) is 0 Å². The Morgan fingerprint density at radius 1 is 1.47 bits per heavy atom. The highest BCUT2D eigenvalue weighted by Gasteiger charge is 2.17. The third kappa shape index (κ3) is 1.63. The molecule has 0 saturated heterocycles. The molecule has 0 bridgehead atoms. The molecule has 1 aromatic heterocycles. The van der Waals surface area contributed by atoms with E-state index in [0.717, 1.165) is 11.3 Å². The number of aliphatic imine (C=N–C) groups is 1. The van der Waals surface area contributed by atoms with Gasteiger partial charge in [0.1, 0.15) is 5.71 Å². The molecule has 0 aromatic carbocycles. The lowest BCUT2D eigenvalue weighted by Gasteiger charge is -2.10. The summed E-state index contributed by atoms with van der Waals surface area (Å²) in [5.74, 6) is 0. The van der Waals surface area contributed by atoms with Crippen LogP contribution in [0, 0.1) is 0 Å². The normalized spacial score (nSPS) is 21.1. The standard InChI is InChI=1S/C10H9FN4/c1-12-10-7(9-5-13-6-14-9)3-2-4-8(10)15-11/h2-6H,1H3,(H,13,14). The fraction of sp³-hybridized carbons (Fsp3) is 0.100. The molecule has 1 heterocycles. The van der Waals surface area contributed by atoms with E-state index in [1.165, 1.54) is 0 Å². The van der Waals surface area contributed by atoms with Crippen molar-refractivity contribution in [1.82, 2.24) is 9.97 Å². The first-order chi connectivity index (χ1) is 7.36. The number of allylic oxidation sites excluding steroid dienone is 4. The Kier molecular flexibility index (Phi) is 2.53. The molecule has 76 valence electrons. The van der Waals surface area contributed by atoms with Crippen molar-refractivity contribution in [2.75, 3.05) is 7.05 Å². The van der Waals surface area contributed by atoms with E-state index in [1.807, 2.05) is 6.08 Å². The minimum absolute atomic E-state index is 0.226. The highest BCUT2D eigenvalue weighted by molar-refractivity contribution is 6.61. The Hall–Kier alpha value is -2.04. The van der Waals surface area contributed by atoms with Crippen LogP contribution in [0.2, 0.25) is 0 Å². The molecular weight excluding hydrogens is 195 g/mol. The Morgan fingerprint density at radius 2 is 2.33 bits per heavy atom. The minimum Gasteiger partial charge on any atom is -0.345 e. The van der Waals surface area contributed by atoms with Crippen LogP contribution < -0.4 is 0 Å². The van der Waals surface area contributed by atoms with Crippen molar-refractivity contribution in [3.05, 3.63) is 36.4 Å². The molecule has 1 aliphatic carbocycles. The zero-order valence-electron chi connectivity index (χ0n) is 8.11. The summed E-state index contributed by atoms with van der Waals surface area (Å²) in [4.78, 5) is 10.9. The van der Waals surface area contributed by atoms with Crippen LogP contribution in [0.3, 0.4) is 0 Å². The van der Waals surface area contributed by atoms with Crippen LogP contribution in [0.5, 0.6) is 0 Å². The predicted molar refractivity (Wildman–Crippen MR) is 57.6 cm³/mol. The van der Waals surface area contributed by atoms with Crippen LogP contribution in [0.4, 0.5) is 4.48 Å². The number of imidazole rings is 1. The summed E-state index contributed by atoms with van der Waals surface area (Å²) in [5, 5.41) is 2.68. The van der Waals surface area contributed by atoms with Crippen molar-refractivity contribution in [2.45, 2.75) is 0 Å². The summed E-state index contributed by atoms with van der Waals surface area (Å²) < 4.78 is 12.3. The second-order valence-electron chi connectivity index (χ2n) is 2.95. The fourth-order valence-electron chi connectivity index (χ4n) is 1.46. The number of H-pyrrole nitrogens is 1. The maximum absolute atomic E-state index is 12.3. The molecule has 0 radical (unpaired) electrons. The molecule has 5 heteroatoms. The lowest BCUT2D eigenvalue weighted by atomic mass is 9.98. The fourth-order valence-corrected chi connectivity index (χ4v) is 1.46. The summed E-state index contributed by atoms with van der Waals surface area (Å²) in [6.07, 6.45) is 8.36. The zero-order chi connectivity index (χ0) is 10.7. The number of nitrogens with zero attached hydrogens (tertiary/aromatic N) is 3. The minimum atomic E-state index is 0.226. The molecule has 0 spiro atoms. The lowest BCUT2D eigenvalue weighted by Crippen LogP contribution is -2.16. The number of halogens is 1. The molecule has 0 aliphatic heterocycles. The third-order valence-corrected chi connectivity index (χ3v) is 2.12. The van der Waals surface area contributed by atoms with E-state index in [0.29, 0.717) is 5.71 Å². The molecule has 1 aromatic rings. The quantitative estimate of drug-likeness (QED) is 0.696. The Bertz CT molecular complexity index is 466. The Morgan fingerprint density at radius 3 is 2.93 bits per heavy atom. The van der Waals surface area contributed by atoms with Gasteiger partial charge in [-0.15, -0.1) is 0 Å². The van der Waals surface area contributed by atoms with Crippen molar-refractivity contribution in [3.63, 3.8) is 0 Å². The van der Waals surface area contributed by atoms with E-state index in [9.17, 15) is 4.48 Å². The molecule has 4 nitrogen and oxygen atoms in total. The smallest absolute Gasteiger partial charge is 0.122 e. The first-order valence-corrected chi connectivity index (χ1v) is 4.40. The molecule has 0 fully saturated rings. The largest absolute Gasteiger partial charge is 0.345 e. The van der Waals surface area contributed by atoms with Gasteiger partial charge in [-0.2, -0.15) is 0 Å². The second kappa shape index (κ2) is 4.00. The Balaban J connectivity index is 2.49. The number of hydrogen-bond acceptors (Lipinski definition) is 3. The molecule has 0 saturated carbocycles. The van der Waals surface area contributed by atoms with Gasteiger partial charge < -0.3 is 4.98 Å².